The molecule has 1 heterocycles. The highest BCUT2D eigenvalue weighted by Crippen LogP contribution is 2.21. The van der Waals surface area contributed by atoms with Gasteiger partial charge in [0.2, 0.25) is 0 Å². The van der Waals surface area contributed by atoms with Crippen molar-refractivity contribution in [2.45, 2.75) is 51.1 Å². The Bertz CT molecular complexity index is 363. The van der Waals surface area contributed by atoms with Gasteiger partial charge in [0.15, 0.2) is 0 Å². The van der Waals surface area contributed by atoms with Crippen LogP contribution in [0.5, 0.6) is 0 Å². The molecular formula is C15H25BrN2S. The van der Waals surface area contributed by atoms with E-state index < -0.39 is 0 Å². The first-order valence-corrected chi connectivity index (χ1v) is 9.06. The van der Waals surface area contributed by atoms with Crippen molar-refractivity contribution in [3.8, 4) is 0 Å². The molecule has 0 radical (unpaired) electrons. The van der Waals surface area contributed by atoms with Gasteiger partial charge in [0.25, 0.3) is 0 Å². The van der Waals surface area contributed by atoms with Crippen molar-refractivity contribution in [2.75, 3.05) is 20.1 Å². The summed E-state index contributed by atoms with van der Waals surface area (Å²) in [5.41, 5.74) is 1.42. The lowest BCUT2D eigenvalue weighted by Gasteiger charge is -2.15. The van der Waals surface area contributed by atoms with E-state index in [1.165, 1.54) is 61.0 Å². The van der Waals surface area contributed by atoms with Crippen LogP contribution in [-0.2, 0) is 6.54 Å². The molecule has 108 valence electrons. The molecule has 2 nitrogen and oxygen atoms in total. The predicted octanol–water partition coefficient (Wildman–Crippen LogP) is 4.25. The second-order valence-corrected chi connectivity index (χ2v) is 7.93. The molecule has 0 unspecified atom stereocenters. The summed E-state index contributed by atoms with van der Waals surface area (Å²) in [6.45, 7) is 3.51. The van der Waals surface area contributed by atoms with Gasteiger partial charge in [0.1, 0.15) is 0 Å². The summed E-state index contributed by atoms with van der Waals surface area (Å²) in [5, 5.41) is 5.82. The summed E-state index contributed by atoms with van der Waals surface area (Å²) in [5.74, 6) is 0. The number of unbranched alkanes of at least 4 members (excludes halogenated alkanes) is 3. The van der Waals surface area contributed by atoms with E-state index in [9.17, 15) is 0 Å². The van der Waals surface area contributed by atoms with Gasteiger partial charge < -0.3 is 10.2 Å². The first-order valence-electron chi connectivity index (χ1n) is 7.39. The molecule has 4 heteroatoms. The lowest BCUT2D eigenvalue weighted by atomic mass is 10.2. The number of hydrogen-bond acceptors (Lipinski definition) is 3. The molecule has 1 saturated carbocycles. The molecular weight excluding hydrogens is 320 g/mol. The average Bonchev–Trinajstić information content (AvgIpc) is 3.11. The van der Waals surface area contributed by atoms with Crippen LogP contribution in [0.4, 0.5) is 0 Å². The Balaban J connectivity index is 1.43. The predicted molar refractivity (Wildman–Crippen MR) is 87.8 cm³/mol. The van der Waals surface area contributed by atoms with Crippen LogP contribution in [-0.4, -0.2) is 31.1 Å². The molecule has 0 atom stereocenters. The summed E-state index contributed by atoms with van der Waals surface area (Å²) >= 11 is 5.29. The van der Waals surface area contributed by atoms with Crippen molar-refractivity contribution in [2.24, 2.45) is 0 Å². The summed E-state index contributed by atoms with van der Waals surface area (Å²) in [4.78, 5) is 2.43. The minimum Gasteiger partial charge on any atom is -0.314 e. The maximum absolute atomic E-state index is 3.58. The first-order chi connectivity index (χ1) is 9.24. The Labute approximate surface area is 129 Å². The summed E-state index contributed by atoms with van der Waals surface area (Å²) in [6, 6.07) is 3.10. The Morgan fingerprint density at radius 1 is 1.32 bits per heavy atom. The third-order valence-electron chi connectivity index (χ3n) is 3.55. The van der Waals surface area contributed by atoms with Gasteiger partial charge in [-0.25, -0.2) is 0 Å². The first kappa shape index (κ1) is 15.5. The minimum absolute atomic E-state index is 0.871. The zero-order valence-corrected chi connectivity index (χ0v) is 14.2. The summed E-state index contributed by atoms with van der Waals surface area (Å²) in [7, 11) is 2.22. The summed E-state index contributed by atoms with van der Waals surface area (Å²) in [6.07, 6.45) is 8.22. The van der Waals surface area contributed by atoms with Crippen LogP contribution in [0.3, 0.4) is 0 Å². The second-order valence-electron chi connectivity index (χ2n) is 5.64. The monoisotopic (exact) mass is 344 g/mol. The fraction of sp³-hybridized carbons (Fsp3) is 0.733. The second kappa shape index (κ2) is 8.40. The Hall–Kier alpha value is 0.100. The molecule has 0 spiro atoms. The van der Waals surface area contributed by atoms with Gasteiger partial charge in [-0.1, -0.05) is 12.8 Å². The topological polar surface area (TPSA) is 15.3 Å². The number of rotatable bonds is 10. The molecule has 1 aliphatic carbocycles. The molecule has 0 saturated heterocycles. The molecule has 1 N–H and O–H groups in total. The SMILES string of the molecule is CN(CCCCCCNC1CC1)Cc1csc(Br)c1. The lowest BCUT2D eigenvalue weighted by Crippen LogP contribution is -2.19. The highest BCUT2D eigenvalue weighted by molar-refractivity contribution is 9.11. The largest absolute Gasteiger partial charge is 0.314 e. The van der Waals surface area contributed by atoms with Gasteiger partial charge in [0, 0.05) is 12.6 Å². The fourth-order valence-electron chi connectivity index (χ4n) is 2.27. The molecule has 0 bridgehead atoms. The van der Waals surface area contributed by atoms with E-state index in [4.69, 9.17) is 0 Å². The number of thiophene rings is 1. The number of halogens is 1. The normalized spacial score (nSPS) is 15.3. The van der Waals surface area contributed by atoms with E-state index in [0.717, 1.165) is 12.6 Å². The van der Waals surface area contributed by atoms with E-state index in [0.29, 0.717) is 0 Å². The van der Waals surface area contributed by atoms with Gasteiger partial charge in [0.05, 0.1) is 3.79 Å². The maximum Gasteiger partial charge on any atom is 0.0701 e. The molecule has 1 fully saturated rings. The van der Waals surface area contributed by atoms with E-state index in [1.54, 1.807) is 11.3 Å². The molecule has 0 aliphatic heterocycles. The average molecular weight is 345 g/mol. The molecule has 1 aromatic heterocycles. The third kappa shape index (κ3) is 6.89. The highest BCUT2D eigenvalue weighted by atomic mass is 79.9. The van der Waals surface area contributed by atoms with Crippen molar-refractivity contribution >= 4 is 27.3 Å². The van der Waals surface area contributed by atoms with Crippen molar-refractivity contribution < 1.29 is 0 Å². The Morgan fingerprint density at radius 2 is 2.11 bits per heavy atom. The quantitative estimate of drug-likeness (QED) is 0.638. The van der Waals surface area contributed by atoms with Crippen molar-refractivity contribution in [1.29, 1.82) is 0 Å². The van der Waals surface area contributed by atoms with Crippen LogP contribution in [0.1, 0.15) is 44.1 Å². The molecule has 0 aromatic carbocycles. The fourth-order valence-corrected chi connectivity index (χ4v) is 3.47. The molecule has 2 rings (SSSR count). The Kier molecular flexibility index (Phi) is 6.85. The van der Waals surface area contributed by atoms with Crippen molar-refractivity contribution in [3.63, 3.8) is 0 Å². The van der Waals surface area contributed by atoms with Crippen molar-refractivity contribution in [3.05, 3.63) is 20.8 Å². The minimum atomic E-state index is 0.871. The number of nitrogens with one attached hydrogen (secondary N) is 1. The van der Waals surface area contributed by atoms with Gasteiger partial charge >= 0.3 is 0 Å². The van der Waals surface area contributed by atoms with Crippen LogP contribution in [0.15, 0.2) is 15.2 Å². The Morgan fingerprint density at radius 3 is 2.79 bits per heavy atom. The van der Waals surface area contributed by atoms with E-state index in [-0.39, 0.29) is 0 Å². The zero-order chi connectivity index (χ0) is 13.5. The van der Waals surface area contributed by atoms with Crippen molar-refractivity contribution in [1.82, 2.24) is 10.2 Å². The van der Waals surface area contributed by atoms with E-state index in [1.807, 2.05) is 0 Å². The molecule has 1 aliphatic rings. The van der Waals surface area contributed by atoms with Crippen LogP contribution in [0.25, 0.3) is 0 Å². The van der Waals surface area contributed by atoms with E-state index in [2.05, 4.69) is 44.6 Å². The van der Waals surface area contributed by atoms with E-state index >= 15 is 0 Å². The van der Waals surface area contributed by atoms with Crippen LogP contribution >= 0.6 is 27.3 Å². The third-order valence-corrected chi connectivity index (χ3v) is 5.10. The summed E-state index contributed by atoms with van der Waals surface area (Å²) < 4.78 is 1.24. The standard InChI is InChI=1S/C15H25BrN2S/c1-18(11-13-10-15(16)19-12-13)9-5-3-2-4-8-17-14-6-7-14/h10,12,14,17H,2-9,11H2,1H3. The number of hydrogen-bond donors (Lipinski definition) is 1. The van der Waals surface area contributed by atoms with Gasteiger partial charge in [-0.2, -0.15) is 0 Å². The van der Waals surface area contributed by atoms with Gasteiger partial charge in [-0.15, -0.1) is 11.3 Å². The zero-order valence-electron chi connectivity index (χ0n) is 11.8. The molecule has 0 amide bonds. The lowest BCUT2D eigenvalue weighted by molar-refractivity contribution is 0.317. The van der Waals surface area contributed by atoms with Gasteiger partial charge in [-0.3, -0.25) is 0 Å². The smallest absolute Gasteiger partial charge is 0.0701 e. The molecule has 1 aromatic rings. The maximum atomic E-state index is 3.58. The van der Waals surface area contributed by atoms with Gasteiger partial charge in [-0.05, 0) is 78.8 Å². The van der Waals surface area contributed by atoms with Crippen LogP contribution in [0, 0.1) is 0 Å². The molecule has 19 heavy (non-hydrogen) atoms. The van der Waals surface area contributed by atoms with Crippen LogP contribution in [0.2, 0.25) is 0 Å². The van der Waals surface area contributed by atoms with Crippen LogP contribution < -0.4 is 5.32 Å². The highest BCUT2D eigenvalue weighted by Gasteiger charge is 2.19. The number of nitrogens with zero attached hydrogens (tertiary/aromatic N) is 1.